The lowest BCUT2D eigenvalue weighted by Gasteiger charge is -2.13. The fourth-order valence-corrected chi connectivity index (χ4v) is 2.38. The summed E-state index contributed by atoms with van der Waals surface area (Å²) in [5.41, 5.74) is -0.00455. The molecule has 8 heteroatoms. The number of anilines is 1. The second-order valence-corrected chi connectivity index (χ2v) is 6.27. The van der Waals surface area contributed by atoms with Crippen LogP contribution in [0.25, 0.3) is 0 Å². The Hall–Kier alpha value is -3.03. The first-order chi connectivity index (χ1) is 13.2. The fourth-order valence-electron chi connectivity index (χ4n) is 2.38. The summed E-state index contributed by atoms with van der Waals surface area (Å²) < 4.78 is 48.2. The Morgan fingerprint density at radius 1 is 1.04 bits per heavy atom. The van der Waals surface area contributed by atoms with Crippen molar-refractivity contribution < 1.29 is 32.2 Å². The minimum Gasteiger partial charge on any atom is -0.482 e. The molecule has 0 heterocycles. The first-order valence-electron chi connectivity index (χ1n) is 8.51. The first-order valence-corrected chi connectivity index (χ1v) is 8.51. The minimum atomic E-state index is -4.52. The third-order valence-corrected chi connectivity index (χ3v) is 3.72. The number of carbonyl (C=O) groups is 2. The van der Waals surface area contributed by atoms with Crippen LogP contribution in [-0.4, -0.2) is 25.1 Å². The molecule has 0 aromatic heterocycles. The molecule has 0 spiro atoms. The van der Waals surface area contributed by atoms with Crippen LogP contribution in [0.4, 0.5) is 18.9 Å². The molecule has 0 atom stereocenters. The number of halogens is 3. The predicted molar refractivity (Wildman–Crippen MR) is 97.1 cm³/mol. The summed E-state index contributed by atoms with van der Waals surface area (Å²) in [6, 6.07) is 11.4. The molecule has 2 aromatic carbocycles. The zero-order chi connectivity index (χ0) is 20.7. The van der Waals surface area contributed by atoms with Gasteiger partial charge in [-0.2, -0.15) is 13.2 Å². The SMILES string of the molecule is CC(C)c1ccccc1OCC(=O)OCC(=O)Nc1cccc(C(F)(F)F)c1. The molecule has 0 aliphatic heterocycles. The molecule has 28 heavy (non-hydrogen) atoms. The average Bonchev–Trinajstić information content (AvgIpc) is 2.64. The number of esters is 1. The monoisotopic (exact) mass is 395 g/mol. The molecule has 150 valence electrons. The Kier molecular flexibility index (Phi) is 7.03. The Balaban J connectivity index is 1.82. The van der Waals surface area contributed by atoms with Crippen molar-refractivity contribution in [2.24, 2.45) is 0 Å². The average molecular weight is 395 g/mol. The number of para-hydroxylation sites is 1. The van der Waals surface area contributed by atoms with Crippen LogP contribution in [-0.2, 0) is 20.5 Å². The second-order valence-electron chi connectivity index (χ2n) is 6.27. The standard InChI is InChI=1S/C20H20F3NO4/c1-13(2)16-8-3-4-9-17(16)27-12-19(26)28-11-18(25)24-15-7-5-6-14(10-15)20(21,22)23/h3-10,13H,11-12H2,1-2H3,(H,24,25). The van der Waals surface area contributed by atoms with Crippen molar-refractivity contribution in [3.8, 4) is 5.75 Å². The van der Waals surface area contributed by atoms with Crippen molar-refractivity contribution in [3.05, 3.63) is 59.7 Å². The zero-order valence-corrected chi connectivity index (χ0v) is 15.4. The lowest BCUT2D eigenvalue weighted by Crippen LogP contribution is -2.24. The van der Waals surface area contributed by atoms with Gasteiger partial charge in [-0.05, 0) is 35.7 Å². The van der Waals surface area contributed by atoms with Gasteiger partial charge < -0.3 is 14.8 Å². The Morgan fingerprint density at radius 2 is 1.75 bits per heavy atom. The highest BCUT2D eigenvalue weighted by atomic mass is 19.4. The molecule has 1 N–H and O–H groups in total. The number of benzene rings is 2. The first kappa shape index (κ1) is 21.3. The van der Waals surface area contributed by atoms with Gasteiger partial charge in [0.15, 0.2) is 13.2 Å². The van der Waals surface area contributed by atoms with Crippen molar-refractivity contribution in [3.63, 3.8) is 0 Å². The highest BCUT2D eigenvalue weighted by molar-refractivity contribution is 5.92. The van der Waals surface area contributed by atoms with E-state index in [2.05, 4.69) is 5.32 Å². The maximum Gasteiger partial charge on any atom is 0.416 e. The van der Waals surface area contributed by atoms with Gasteiger partial charge in [0.2, 0.25) is 0 Å². The van der Waals surface area contributed by atoms with E-state index in [0.29, 0.717) is 5.75 Å². The molecule has 5 nitrogen and oxygen atoms in total. The van der Waals surface area contributed by atoms with Crippen LogP contribution in [0.5, 0.6) is 5.75 Å². The number of hydrogen-bond donors (Lipinski definition) is 1. The van der Waals surface area contributed by atoms with Crippen molar-refractivity contribution in [1.82, 2.24) is 0 Å². The molecule has 1 amide bonds. The molecule has 0 saturated carbocycles. The van der Waals surface area contributed by atoms with Crippen LogP contribution in [0.2, 0.25) is 0 Å². The van der Waals surface area contributed by atoms with Gasteiger partial charge in [0.1, 0.15) is 5.75 Å². The number of nitrogens with one attached hydrogen (secondary N) is 1. The maximum absolute atomic E-state index is 12.7. The Labute approximate surface area is 160 Å². The van der Waals surface area contributed by atoms with Gasteiger partial charge in [0.05, 0.1) is 5.56 Å². The van der Waals surface area contributed by atoms with Crippen LogP contribution in [0.15, 0.2) is 48.5 Å². The van der Waals surface area contributed by atoms with E-state index in [1.165, 1.54) is 12.1 Å². The van der Waals surface area contributed by atoms with Crippen molar-refractivity contribution >= 4 is 17.6 Å². The number of amides is 1. The molecule has 0 aliphatic carbocycles. The predicted octanol–water partition coefficient (Wildman–Crippen LogP) is 4.39. The maximum atomic E-state index is 12.7. The van der Waals surface area contributed by atoms with E-state index in [0.717, 1.165) is 17.7 Å². The summed E-state index contributed by atoms with van der Waals surface area (Å²) in [6.07, 6.45) is -4.52. The molecular weight excluding hydrogens is 375 g/mol. The van der Waals surface area contributed by atoms with Crippen LogP contribution >= 0.6 is 0 Å². The van der Waals surface area contributed by atoms with Crippen molar-refractivity contribution in [2.45, 2.75) is 25.9 Å². The fraction of sp³-hybridized carbons (Fsp3) is 0.300. The molecule has 0 unspecified atom stereocenters. The summed E-state index contributed by atoms with van der Waals surface area (Å²) in [7, 11) is 0. The normalized spacial score (nSPS) is 11.2. The summed E-state index contributed by atoms with van der Waals surface area (Å²) >= 11 is 0. The summed E-state index contributed by atoms with van der Waals surface area (Å²) in [4.78, 5) is 23.5. The van der Waals surface area contributed by atoms with E-state index >= 15 is 0 Å². The zero-order valence-electron chi connectivity index (χ0n) is 15.4. The molecule has 2 aromatic rings. The van der Waals surface area contributed by atoms with Crippen molar-refractivity contribution in [2.75, 3.05) is 18.5 Å². The van der Waals surface area contributed by atoms with Gasteiger partial charge in [-0.1, -0.05) is 38.1 Å². The van der Waals surface area contributed by atoms with Gasteiger partial charge in [-0.25, -0.2) is 4.79 Å². The number of rotatable bonds is 7. The van der Waals surface area contributed by atoms with Gasteiger partial charge in [0.25, 0.3) is 5.91 Å². The molecule has 0 aliphatic rings. The second kappa shape index (κ2) is 9.25. The van der Waals surface area contributed by atoms with Gasteiger partial charge in [-0.3, -0.25) is 4.79 Å². The summed E-state index contributed by atoms with van der Waals surface area (Å²) in [5, 5.41) is 2.25. The molecular formula is C20H20F3NO4. The summed E-state index contributed by atoms with van der Waals surface area (Å²) in [5.74, 6) is -0.777. The van der Waals surface area contributed by atoms with Gasteiger partial charge >= 0.3 is 12.1 Å². The van der Waals surface area contributed by atoms with Gasteiger partial charge in [-0.15, -0.1) is 0 Å². The number of carbonyl (C=O) groups excluding carboxylic acids is 2. The third-order valence-electron chi connectivity index (χ3n) is 3.72. The molecule has 0 fully saturated rings. The Bertz CT molecular complexity index is 834. The highest BCUT2D eigenvalue weighted by Gasteiger charge is 2.30. The van der Waals surface area contributed by atoms with E-state index in [-0.39, 0.29) is 18.2 Å². The van der Waals surface area contributed by atoms with Crippen LogP contribution in [0.3, 0.4) is 0 Å². The molecule has 2 rings (SSSR count). The third kappa shape index (κ3) is 6.29. The van der Waals surface area contributed by atoms with Crippen LogP contribution in [0, 0.1) is 0 Å². The lowest BCUT2D eigenvalue weighted by molar-refractivity contribution is -0.149. The van der Waals surface area contributed by atoms with Crippen LogP contribution < -0.4 is 10.1 Å². The smallest absolute Gasteiger partial charge is 0.416 e. The Morgan fingerprint density at radius 3 is 2.43 bits per heavy atom. The molecule has 0 bridgehead atoms. The van der Waals surface area contributed by atoms with E-state index < -0.39 is 30.2 Å². The van der Waals surface area contributed by atoms with E-state index in [9.17, 15) is 22.8 Å². The number of alkyl halides is 3. The number of ether oxygens (including phenoxy) is 2. The minimum absolute atomic E-state index is 0.0435. The molecule has 0 radical (unpaired) electrons. The lowest BCUT2D eigenvalue weighted by atomic mass is 10.0. The van der Waals surface area contributed by atoms with Gasteiger partial charge in [0, 0.05) is 5.69 Å². The quantitative estimate of drug-likeness (QED) is 0.707. The van der Waals surface area contributed by atoms with Crippen molar-refractivity contribution in [1.29, 1.82) is 0 Å². The molecule has 0 saturated heterocycles. The number of hydrogen-bond acceptors (Lipinski definition) is 4. The van der Waals surface area contributed by atoms with E-state index in [4.69, 9.17) is 9.47 Å². The summed E-state index contributed by atoms with van der Waals surface area (Å²) in [6.45, 7) is 2.95. The topological polar surface area (TPSA) is 64.6 Å². The van der Waals surface area contributed by atoms with E-state index in [1.54, 1.807) is 12.1 Å². The highest BCUT2D eigenvalue weighted by Crippen LogP contribution is 2.30. The van der Waals surface area contributed by atoms with E-state index in [1.807, 2.05) is 26.0 Å². The largest absolute Gasteiger partial charge is 0.482 e. The van der Waals surface area contributed by atoms with Crippen LogP contribution in [0.1, 0.15) is 30.9 Å².